The van der Waals surface area contributed by atoms with E-state index in [0.717, 1.165) is 73.5 Å². The average molecular weight is 495 g/mol. The van der Waals surface area contributed by atoms with Crippen molar-refractivity contribution in [3.05, 3.63) is 6.33 Å². The van der Waals surface area contributed by atoms with Crippen LogP contribution in [0.4, 0.5) is 11.8 Å². The smallest absolute Gasteiger partial charge is 0.227 e. The highest BCUT2D eigenvalue weighted by Crippen LogP contribution is 2.35. The first-order chi connectivity index (χ1) is 17.7. The van der Waals surface area contributed by atoms with Crippen molar-refractivity contribution in [2.75, 3.05) is 23.8 Å². The zero-order chi connectivity index (χ0) is 24.3. The van der Waals surface area contributed by atoms with Crippen molar-refractivity contribution >= 4 is 22.9 Å². The van der Waals surface area contributed by atoms with Crippen molar-refractivity contribution in [1.29, 1.82) is 0 Å². The summed E-state index contributed by atoms with van der Waals surface area (Å²) in [6, 6.07) is 1.25. The summed E-state index contributed by atoms with van der Waals surface area (Å²) in [5.41, 5.74) is 11.7. The van der Waals surface area contributed by atoms with E-state index in [4.69, 9.17) is 20.7 Å². The Labute approximate surface area is 216 Å². The molecule has 6 rings (SSSR count). The maximum absolute atomic E-state index is 6.14. The molecule has 0 bridgehead atoms. The van der Waals surface area contributed by atoms with Gasteiger partial charge in [-0.1, -0.05) is 44.9 Å². The van der Waals surface area contributed by atoms with Crippen LogP contribution in [0.3, 0.4) is 0 Å². The topological polar surface area (TPSA) is 96.9 Å². The van der Waals surface area contributed by atoms with Gasteiger partial charge in [-0.05, 0) is 69.6 Å². The Hall–Kier alpha value is -1.93. The maximum atomic E-state index is 6.14. The van der Waals surface area contributed by atoms with Crippen molar-refractivity contribution in [2.24, 2.45) is 17.6 Å². The van der Waals surface area contributed by atoms with E-state index < -0.39 is 0 Å². The summed E-state index contributed by atoms with van der Waals surface area (Å²) in [6.07, 6.45) is 22.6. The van der Waals surface area contributed by atoms with Crippen LogP contribution in [0.15, 0.2) is 6.33 Å². The van der Waals surface area contributed by atoms with Gasteiger partial charge in [0.05, 0.1) is 6.33 Å². The van der Waals surface area contributed by atoms with Gasteiger partial charge in [0.2, 0.25) is 5.95 Å². The molecule has 2 aromatic heterocycles. The molecule has 8 heteroatoms. The van der Waals surface area contributed by atoms with Gasteiger partial charge in [0.1, 0.15) is 0 Å². The molecule has 0 amide bonds. The molecule has 1 aliphatic heterocycles. The fourth-order valence-corrected chi connectivity index (χ4v) is 7.28. The van der Waals surface area contributed by atoms with E-state index in [9.17, 15) is 0 Å². The van der Waals surface area contributed by atoms with Crippen LogP contribution >= 0.6 is 0 Å². The lowest BCUT2D eigenvalue weighted by molar-refractivity contribution is 0.180. The number of piperidine rings is 1. The van der Waals surface area contributed by atoms with Gasteiger partial charge in [0.15, 0.2) is 17.0 Å². The Morgan fingerprint density at radius 3 is 2.25 bits per heavy atom. The van der Waals surface area contributed by atoms with Crippen molar-refractivity contribution < 1.29 is 0 Å². The predicted molar refractivity (Wildman–Crippen MR) is 146 cm³/mol. The largest absolute Gasteiger partial charge is 0.351 e. The second-order valence-electron chi connectivity index (χ2n) is 12.2. The summed E-state index contributed by atoms with van der Waals surface area (Å²) in [5.74, 6) is 3.45. The highest BCUT2D eigenvalue weighted by atomic mass is 15.5. The second-order valence-corrected chi connectivity index (χ2v) is 12.2. The van der Waals surface area contributed by atoms with Crippen molar-refractivity contribution in [2.45, 2.75) is 121 Å². The number of hydrazine groups is 1. The molecule has 0 unspecified atom stereocenters. The molecule has 0 aromatic carbocycles. The highest BCUT2D eigenvalue weighted by Gasteiger charge is 2.27. The lowest BCUT2D eigenvalue weighted by Crippen LogP contribution is -2.39. The maximum Gasteiger partial charge on any atom is 0.227 e. The quantitative estimate of drug-likeness (QED) is 0.459. The van der Waals surface area contributed by atoms with Gasteiger partial charge in [-0.2, -0.15) is 9.97 Å². The Morgan fingerprint density at radius 2 is 1.50 bits per heavy atom. The molecule has 4 aliphatic rings. The molecule has 0 spiro atoms. The zero-order valence-electron chi connectivity index (χ0n) is 22.0. The SMILES string of the molecule is N[C@H]1CC[C@H](Nc2nc(NN3CCC(CC4CCCCC4)CC3)c3ncn(C4CCCC4)c3n2)CC1. The molecule has 0 atom stereocenters. The van der Waals surface area contributed by atoms with Crippen molar-refractivity contribution in [3.8, 4) is 0 Å². The Bertz CT molecular complexity index is 977. The molecular weight excluding hydrogens is 448 g/mol. The van der Waals surface area contributed by atoms with Gasteiger partial charge in [-0.3, -0.25) is 0 Å². The summed E-state index contributed by atoms with van der Waals surface area (Å²) in [4.78, 5) is 14.8. The van der Waals surface area contributed by atoms with Gasteiger partial charge in [-0.15, -0.1) is 0 Å². The Balaban J connectivity index is 1.16. The Morgan fingerprint density at radius 1 is 0.806 bits per heavy atom. The normalized spacial score (nSPS) is 27.6. The van der Waals surface area contributed by atoms with Gasteiger partial charge >= 0.3 is 0 Å². The number of hydrogen-bond donors (Lipinski definition) is 3. The summed E-state index contributed by atoms with van der Waals surface area (Å²) < 4.78 is 2.31. The van der Waals surface area contributed by atoms with Crippen molar-refractivity contribution in [3.63, 3.8) is 0 Å². The third kappa shape index (κ3) is 5.64. The van der Waals surface area contributed by atoms with Crippen LogP contribution in [0.25, 0.3) is 11.2 Å². The van der Waals surface area contributed by atoms with E-state index in [1.807, 2.05) is 6.33 Å². The fraction of sp³-hybridized carbons (Fsp3) is 0.821. The summed E-state index contributed by atoms with van der Waals surface area (Å²) in [5, 5.41) is 6.03. The lowest BCUT2D eigenvalue weighted by atomic mass is 9.80. The number of imidazole rings is 1. The summed E-state index contributed by atoms with van der Waals surface area (Å²) >= 11 is 0. The van der Waals surface area contributed by atoms with Gasteiger partial charge in [0.25, 0.3) is 0 Å². The van der Waals surface area contributed by atoms with Crippen LogP contribution < -0.4 is 16.5 Å². The molecule has 1 saturated heterocycles. The predicted octanol–water partition coefficient (Wildman–Crippen LogP) is 5.63. The first-order valence-electron chi connectivity index (χ1n) is 15.0. The first kappa shape index (κ1) is 24.4. The second kappa shape index (κ2) is 11.2. The van der Waals surface area contributed by atoms with Crippen LogP contribution in [-0.4, -0.2) is 49.7 Å². The van der Waals surface area contributed by atoms with Crippen LogP contribution in [0.5, 0.6) is 0 Å². The number of nitrogens with zero attached hydrogens (tertiary/aromatic N) is 5. The fourth-order valence-electron chi connectivity index (χ4n) is 7.28. The van der Waals surface area contributed by atoms with Crippen LogP contribution in [0, 0.1) is 11.8 Å². The standard InChI is InChI=1S/C28H46N8/c29-22-10-12-23(13-11-22)31-28-32-26(25-27(33-28)36(19-30-25)24-8-4-5-9-24)34-35-16-14-21(15-17-35)18-20-6-2-1-3-7-20/h19-24H,1-18,29H2,(H2,31,32,33,34)/t22-,23-. The Kier molecular flexibility index (Phi) is 7.60. The lowest BCUT2D eigenvalue weighted by Gasteiger charge is -2.34. The summed E-state index contributed by atoms with van der Waals surface area (Å²) in [7, 11) is 0. The highest BCUT2D eigenvalue weighted by molar-refractivity contribution is 5.84. The van der Waals surface area contributed by atoms with E-state index in [1.165, 1.54) is 77.0 Å². The molecule has 2 aromatic rings. The van der Waals surface area contributed by atoms with Gasteiger partial charge < -0.3 is 21.0 Å². The van der Waals surface area contributed by atoms with Gasteiger partial charge in [-0.25, -0.2) is 9.99 Å². The number of anilines is 2. The van der Waals surface area contributed by atoms with Crippen LogP contribution in [-0.2, 0) is 0 Å². The summed E-state index contributed by atoms with van der Waals surface area (Å²) in [6.45, 7) is 2.16. The van der Waals surface area contributed by atoms with Gasteiger partial charge in [0, 0.05) is 31.2 Å². The number of nitrogens with one attached hydrogen (secondary N) is 2. The molecule has 0 radical (unpaired) electrons. The molecule has 198 valence electrons. The number of fused-ring (bicyclic) bond motifs is 1. The minimum absolute atomic E-state index is 0.341. The van der Waals surface area contributed by atoms with E-state index in [-0.39, 0.29) is 0 Å². The minimum Gasteiger partial charge on any atom is -0.351 e. The molecule has 36 heavy (non-hydrogen) atoms. The number of hydrogen-bond acceptors (Lipinski definition) is 7. The van der Waals surface area contributed by atoms with E-state index in [1.54, 1.807) is 0 Å². The van der Waals surface area contributed by atoms with E-state index in [0.29, 0.717) is 18.1 Å². The molecule has 3 aliphatic carbocycles. The van der Waals surface area contributed by atoms with E-state index >= 15 is 0 Å². The third-order valence-corrected chi connectivity index (χ3v) is 9.51. The van der Waals surface area contributed by atoms with E-state index in [2.05, 4.69) is 20.3 Å². The molecule has 4 N–H and O–H groups in total. The van der Waals surface area contributed by atoms with Crippen LogP contribution in [0.2, 0.25) is 0 Å². The average Bonchev–Trinajstić information content (AvgIpc) is 3.58. The molecule has 3 saturated carbocycles. The molecule has 8 nitrogen and oxygen atoms in total. The number of nitrogens with two attached hydrogens (primary N) is 1. The third-order valence-electron chi connectivity index (χ3n) is 9.51. The molecular formula is C28H46N8. The number of aromatic nitrogens is 4. The molecule has 4 fully saturated rings. The number of rotatable bonds is 7. The van der Waals surface area contributed by atoms with Crippen molar-refractivity contribution in [1.82, 2.24) is 24.5 Å². The zero-order valence-corrected chi connectivity index (χ0v) is 22.0. The molecule has 3 heterocycles. The monoisotopic (exact) mass is 494 g/mol. The van der Waals surface area contributed by atoms with Crippen LogP contribution in [0.1, 0.15) is 109 Å². The first-order valence-corrected chi connectivity index (χ1v) is 15.0. The minimum atomic E-state index is 0.341.